The molecule has 1 aromatic rings. The third-order valence-corrected chi connectivity index (χ3v) is 4.22. The van der Waals surface area contributed by atoms with Crippen molar-refractivity contribution in [1.82, 2.24) is 4.90 Å². The minimum atomic E-state index is -0.283. The monoisotopic (exact) mass is 402 g/mol. The zero-order valence-corrected chi connectivity index (χ0v) is 14.1. The van der Waals surface area contributed by atoms with Crippen molar-refractivity contribution >= 4 is 40.3 Å². The van der Waals surface area contributed by atoms with Gasteiger partial charge in [-0.1, -0.05) is 0 Å². The molecule has 5 nitrogen and oxygen atoms in total. The molecule has 0 radical (unpaired) electrons. The van der Waals surface area contributed by atoms with E-state index in [1.54, 1.807) is 11.8 Å². The maximum absolute atomic E-state index is 12.2. The number of carbonyl (C=O) groups excluding carboxylic acids is 2. The SMILES string of the molecule is CCOC(=O)N1CCC(C(=O)Nc2ccc(I)cc2)CC1. The molecule has 21 heavy (non-hydrogen) atoms. The fourth-order valence-corrected chi connectivity index (χ4v) is 2.68. The molecule has 0 saturated carbocycles. The van der Waals surface area contributed by atoms with Gasteiger partial charge in [0, 0.05) is 28.3 Å². The van der Waals surface area contributed by atoms with Crippen molar-refractivity contribution in [1.29, 1.82) is 0 Å². The minimum absolute atomic E-state index is 0.0275. The topological polar surface area (TPSA) is 58.6 Å². The molecule has 6 heteroatoms. The number of amides is 2. The quantitative estimate of drug-likeness (QED) is 0.791. The van der Waals surface area contributed by atoms with Crippen LogP contribution in [0.25, 0.3) is 0 Å². The molecule has 1 N–H and O–H groups in total. The number of benzene rings is 1. The number of carbonyl (C=O) groups is 2. The van der Waals surface area contributed by atoms with Crippen molar-refractivity contribution in [3.8, 4) is 0 Å². The molecule has 0 bridgehead atoms. The van der Waals surface area contributed by atoms with E-state index in [9.17, 15) is 9.59 Å². The first-order chi connectivity index (χ1) is 10.1. The molecule has 0 unspecified atom stereocenters. The highest BCUT2D eigenvalue weighted by Gasteiger charge is 2.27. The van der Waals surface area contributed by atoms with Gasteiger partial charge in [0.15, 0.2) is 0 Å². The van der Waals surface area contributed by atoms with Crippen molar-refractivity contribution in [2.75, 3.05) is 25.0 Å². The lowest BCUT2D eigenvalue weighted by Crippen LogP contribution is -2.41. The zero-order valence-electron chi connectivity index (χ0n) is 12.0. The average molecular weight is 402 g/mol. The Balaban J connectivity index is 1.83. The van der Waals surface area contributed by atoms with Gasteiger partial charge < -0.3 is 15.0 Å². The van der Waals surface area contributed by atoms with Crippen LogP contribution in [0.4, 0.5) is 10.5 Å². The van der Waals surface area contributed by atoms with E-state index < -0.39 is 0 Å². The Morgan fingerprint density at radius 1 is 1.29 bits per heavy atom. The summed E-state index contributed by atoms with van der Waals surface area (Å²) in [7, 11) is 0. The van der Waals surface area contributed by atoms with E-state index in [1.807, 2.05) is 24.3 Å². The van der Waals surface area contributed by atoms with E-state index in [0.29, 0.717) is 32.5 Å². The fourth-order valence-electron chi connectivity index (χ4n) is 2.32. The van der Waals surface area contributed by atoms with Crippen LogP contribution in [-0.4, -0.2) is 36.6 Å². The number of nitrogens with zero attached hydrogens (tertiary/aromatic N) is 1. The molecule has 1 fully saturated rings. The van der Waals surface area contributed by atoms with Gasteiger partial charge in [0.1, 0.15) is 0 Å². The summed E-state index contributed by atoms with van der Waals surface area (Å²) in [4.78, 5) is 25.5. The molecule has 114 valence electrons. The number of halogens is 1. The summed E-state index contributed by atoms with van der Waals surface area (Å²) in [6.45, 7) is 3.32. The number of nitrogens with one attached hydrogen (secondary N) is 1. The van der Waals surface area contributed by atoms with Crippen LogP contribution in [0, 0.1) is 9.49 Å². The maximum atomic E-state index is 12.2. The van der Waals surface area contributed by atoms with Gasteiger partial charge in [-0.05, 0) is 66.6 Å². The summed E-state index contributed by atoms with van der Waals surface area (Å²) in [6.07, 6.45) is 1.07. The highest BCUT2D eigenvalue weighted by molar-refractivity contribution is 14.1. The molecule has 1 heterocycles. The highest BCUT2D eigenvalue weighted by Crippen LogP contribution is 2.20. The normalized spacial score (nSPS) is 15.6. The summed E-state index contributed by atoms with van der Waals surface area (Å²) in [5.74, 6) is -0.0188. The van der Waals surface area contributed by atoms with E-state index in [-0.39, 0.29) is 17.9 Å². The van der Waals surface area contributed by atoms with E-state index in [2.05, 4.69) is 27.9 Å². The van der Waals surface area contributed by atoms with Gasteiger partial charge in [0.05, 0.1) is 6.61 Å². The fraction of sp³-hybridized carbons (Fsp3) is 0.467. The smallest absolute Gasteiger partial charge is 0.409 e. The second kappa shape index (κ2) is 7.63. The van der Waals surface area contributed by atoms with Crippen LogP contribution >= 0.6 is 22.6 Å². The molecule has 2 rings (SSSR count). The Bertz CT molecular complexity index is 496. The molecule has 0 aromatic heterocycles. The number of hydrogen-bond acceptors (Lipinski definition) is 3. The third kappa shape index (κ3) is 4.59. The first-order valence-corrected chi connectivity index (χ1v) is 8.16. The van der Waals surface area contributed by atoms with Crippen molar-refractivity contribution in [3.63, 3.8) is 0 Å². The molecule has 0 atom stereocenters. The standard InChI is InChI=1S/C15H19IN2O3/c1-2-21-15(20)18-9-7-11(8-10-18)14(19)17-13-5-3-12(16)4-6-13/h3-6,11H,2,7-10H2,1H3,(H,17,19). The number of rotatable bonds is 3. The first-order valence-electron chi connectivity index (χ1n) is 7.08. The summed E-state index contributed by atoms with van der Waals surface area (Å²) in [5, 5.41) is 2.93. The summed E-state index contributed by atoms with van der Waals surface area (Å²) in [5.41, 5.74) is 0.813. The molecule has 1 aliphatic rings. The first kappa shape index (κ1) is 16.1. The molecular formula is C15H19IN2O3. The van der Waals surface area contributed by atoms with Crippen LogP contribution in [0.1, 0.15) is 19.8 Å². The Morgan fingerprint density at radius 3 is 2.48 bits per heavy atom. The Kier molecular flexibility index (Phi) is 5.84. The Hall–Kier alpha value is -1.31. The van der Waals surface area contributed by atoms with Crippen molar-refractivity contribution < 1.29 is 14.3 Å². The van der Waals surface area contributed by atoms with Crippen LogP contribution in [-0.2, 0) is 9.53 Å². The number of piperidine rings is 1. The van der Waals surface area contributed by atoms with Gasteiger partial charge in [-0.15, -0.1) is 0 Å². The van der Waals surface area contributed by atoms with Crippen LogP contribution in [0.2, 0.25) is 0 Å². The van der Waals surface area contributed by atoms with Gasteiger partial charge in [-0.2, -0.15) is 0 Å². The predicted molar refractivity (Wildman–Crippen MR) is 89.1 cm³/mol. The predicted octanol–water partition coefficient (Wildman–Crippen LogP) is 3.10. The second-order valence-electron chi connectivity index (χ2n) is 4.96. The largest absolute Gasteiger partial charge is 0.450 e. The van der Waals surface area contributed by atoms with Crippen LogP contribution < -0.4 is 5.32 Å². The lowest BCUT2D eigenvalue weighted by atomic mass is 9.96. The van der Waals surface area contributed by atoms with Gasteiger partial charge in [-0.3, -0.25) is 4.79 Å². The molecule has 1 saturated heterocycles. The molecule has 0 spiro atoms. The van der Waals surface area contributed by atoms with Crippen LogP contribution in [0.5, 0.6) is 0 Å². The summed E-state index contributed by atoms with van der Waals surface area (Å²) in [6, 6.07) is 7.71. The van der Waals surface area contributed by atoms with E-state index >= 15 is 0 Å². The molecule has 2 amide bonds. The summed E-state index contributed by atoms with van der Waals surface area (Å²) >= 11 is 2.23. The molecule has 1 aromatic carbocycles. The number of ether oxygens (including phenoxy) is 1. The molecule has 0 aliphatic carbocycles. The lowest BCUT2D eigenvalue weighted by molar-refractivity contribution is -0.121. The third-order valence-electron chi connectivity index (χ3n) is 3.50. The summed E-state index contributed by atoms with van der Waals surface area (Å²) < 4.78 is 6.10. The van der Waals surface area contributed by atoms with Gasteiger partial charge in [0.25, 0.3) is 0 Å². The highest BCUT2D eigenvalue weighted by atomic mass is 127. The Labute approximate surface area is 138 Å². The Morgan fingerprint density at radius 2 is 1.90 bits per heavy atom. The van der Waals surface area contributed by atoms with E-state index in [1.165, 1.54) is 0 Å². The van der Waals surface area contributed by atoms with Crippen LogP contribution in [0.15, 0.2) is 24.3 Å². The van der Waals surface area contributed by atoms with Crippen molar-refractivity contribution in [2.45, 2.75) is 19.8 Å². The second-order valence-corrected chi connectivity index (χ2v) is 6.20. The number of anilines is 1. The van der Waals surface area contributed by atoms with Crippen molar-refractivity contribution in [3.05, 3.63) is 27.8 Å². The van der Waals surface area contributed by atoms with E-state index in [0.717, 1.165) is 9.26 Å². The lowest BCUT2D eigenvalue weighted by Gasteiger charge is -2.30. The number of hydrogen-bond donors (Lipinski definition) is 1. The zero-order chi connectivity index (χ0) is 15.2. The minimum Gasteiger partial charge on any atom is -0.450 e. The van der Waals surface area contributed by atoms with Gasteiger partial charge in [-0.25, -0.2) is 4.79 Å². The van der Waals surface area contributed by atoms with Crippen molar-refractivity contribution in [2.24, 2.45) is 5.92 Å². The van der Waals surface area contributed by atoms with Crippen LogP contribution in [0.3, 0.4) is 0 Å². The average Bonchev–Trinajstić information content (AvgIpc) is 2.50. The molecule has 1 aliphatic heterocycles. The number of likely N-dealkylation sites (tertiary alicyclic amines) is 1. The van der Waals surface area contributed by atoms with Gasteiger partial charge in [0.2, 0.25) is 5.91 Å². The maximum Gasteiger partial charge on any atom is 0.409 e. The van der Waals surface area contributed by atoms with Gasteiger partial charge >= 0.3 is 6.09 Å². The van der Waals surface area contributed by atoms with E-state index in [4.69, 9.17) is 4.74 Å². The molecular weight excluding hydrogens is 383 g/mol.